The Morgan fingerprint density at radius 2 is 1.81 bits per heavy atom. The van der Waals surface area contributed by atoms with Gasteiger partial charge in [-0.3, -0.25) is 14.5 Å². The van der Waals surface area contributed by atoms with Crippen molar-refractivity contribution in [3.05, 3.63) is 94.6 Å². The maximum atomic E-state index is 13.4. The van der Waals surface area contributed by atoms with E-state index in [0.29, 0.717) is 22.3 Å². The van der Waals surface area contributed by atoms with Gasteiger partial charge in [-0.2, -0.15) is 0 Å². The number of Topliss-reactive ketones (excluding diaryl/α,β-unsaturated/α-hetero) is 1. The predicted molar refractivity (Wildman–Crippen MR) is 132 cm³/mol. The molecular formula is C27H21N3O6. The molecule has 4 aromatic rings. The number of methoxy groups -OCH3 is 1. The zero-order valence-corrected chi connectivity index (χ0v) is 19.4. The highest BCUT2D eigenvalue weighted by Gasteiger charge is 2.48. The maximum Gasteiger partial charge on any atom is 0.335 e. The first-order valence-corrected chi connectivity index (χ1v) is 11.0. The fourth-order valence-electron chi connectivity index (χ4n) is 4.44. The van der Waals surface area contributed by atoms with Crippen LogP contribution in [0.2, 0.25) is 0 Å². The number of aromatic amines is 1. The van der Waals surface area contributed by atoms with Gasteiger partial charge >= 0.3 is 11.9 Å². The fraction of sp³-hybridized carbons (Fsp3) is 0.111. The number of rotatable bonds is 5. The number of amides is 1. The molecular weight excluding hydrogens is 462 g/mol. The molecule has 9 heteroatoms. The standard InChI is InChI=1S/C27H21N3O6/c1-14-6-5-7-15(12-14)22-21(23(31)17-8-3-4-9-20(17)36-2)24(32)25(33)30(22)27-28-18-11-10-16(26(34)35)13-19(18)29-27/h3-13,22,31H,1-2H3,(H,28,29)(H,34,35)/b23-21+. The van der Waals surface area contributed by atoms with Crippen LogP contribution in [-0.4, -0.2) is 45.0 Å². The van der Waals surface area contributed by atoms with Gasteiger partial charge in [0.2, 0.25) is 5.95 Å². The lowest BCUT2D eigenvalue weighted by Crippen LogP contribution is -2.30. The second-order valence-electron chi connectivity index (χ2n) is 8.38. The number of hydrogen-bond donors (Lipinski definition) is 3. The third-order valence-corrected chi connectivity index (χ3v) is 6.11. The number of para-hydroxylation sites is 1. The summed E-state index contributed by atoms with van der Waals surface area (Å²) < 4.78 is 5.36. The first-order valence-electron chi connectivity index (χ1n) is 11.0. The summed E-state index contributed by atoms with van der Waals surface area (Å²) in [6.07, 6.45) is 0. The molecule has 3 N–H and O–H groups in total. The van der Waals surface area contributed by atoms with Gasteiger partial charge in [0.05, 0.1) is 40.9 Å². The zero-order valence-electron chi connectivity index (χ0n) is 19.4. The number of carbonyl (C=O) groups is 3. The Balaban J connectivity index is 1.74. The fourth-order valence-corrected chi connectivity index (χ4v) is 4.44. The van der Waals surface area contributed by atoms with Crippen LogP contribution in [-0.2, 0) is 9.59 Å². The highest BCUT2D eigenvalue weighted by molar-refractivity contribution is 6.51. The molecule has 1 atom stereocenters. The molecule has 9 nitrogen and oxygen atoms in total. The van der Waals surface area contributed by atoms with Crippen molar-refractivity contribution in [2.45, 2.75) is 13.0 Å². The number of ether oxygens (including phenoxy) is 1. The minimum absolute atomic E-state index is 0.0474. The molecule has 0 spiro atoms. The van der Waals surface area contributed by atoms with Crippen LogP contribution in [0.25, 0.3) is 16.8 Å². The highest BCUT2D eigenvalue weighted by atomic mass is 16.5. The molecule has 0 saturated carbocycles. The molecule has 3 aromatic carbocycles. The molecule has 1 saturated heterocycles. The lowest BCUT2D eigenvalue weighted by molar-refractivity contribution is -0.132. The Morgan fingerprint density at radius 3 is 2.53 bits per heavy atom. The number of nitrogens with zero attached hydrogens (tertiary/aromatic N) is 2. The Morgan fingerprint density at radius 1 is 1.03 bits per heavy atom. The van der Waals surface area contributed by atoms with E-state index in [4.69, 9.17) is 4.74 Å². The number of anilines is 1. The molecule has 1 aliphatic heterocycles. The van der Waals surface area contributed by atoms with Crippen molar-refractivity contribution in [2.75, 3.05) is 12.0 Å². The Hall–Kier alpha value is -4.92. The molecule has 0 radical (unpaired) electrons. The van der Waals surface area contributed by atoms with E-state index in [0.717, 1.165) is 5.56 Å². The van der Waals surface area contributed by atoms with Gasteiger partial charge in [-0.25, -0.2) is 9.78 Å². The smallest absolute Gasteiger partial charge is 0.335 e. The molecule has 1 fully saturated rings. The molecule has 0 bridgehead atoms. The minimum Gasteiger partial charge on any atom is -0.507 e. The number of aromatic carboxylic acids is 1. The lowest BCUT2D eigenvalue weighted by Gasteiger charge is -2.23. The predicted octanol–water partition coefficient (Wildman–Crippen LogP) is 4.20. The second kappa shape index (κ2) is 8.70. The number of carboxylic acid groups (broad SMARTS) is 1. The van der Waals surface area contributed by atoms with Crippen molar-refractivity contribution >= 4 is 40.4 Å². The average Bonchev–Trinajstić information content (AvgIpc) is 3.41. The maximum absolute atomic E-state index is 13.4. The second-order valence-corrected chi connectivity index (χ2v) is 8.38. The van der Waals surface area contributed by atoms with Crippen LogP contribution < -0.4 is 9.64 Å². The SMILES string of the molecule is COc1ccccc1/C(O)=C1\C(=O)C(=O)N(c2nc3ccc(C(=O)O)cc3[nH]2)C1c1cccc(C)c1. The molecule has 1 aliphatic rings. The number of fused-ring (bicyclic) bond motifs is 1. The summed E-state index contributed by atoms with van der Waals surface area (Å²) in [5, 5.41) is 20.6. The van der Waals surface area contributed by atoms with Crippen molar-refractivity contribution < 1.29 is 29.3 Å². The van der Waals surface area contributed by atoms with Crippen LogP contribution in [0.15, 0.2) is 72.3 Å². The molecule has 0 aliphatic carbocycles. The Bertz CT molecular complexity index is 1590. The normalized spacial score (nSPS) is 17.1. The molecule has 1 amide bonds. The summed E-state index contributed by atoms with van der Waals surface area (Å²) >= 11 is 0. The number of imidazole rings is 1. The molecule has 36 heavy (non-hydrogen) atoms. The molecule has 180 valence electrons. The molecule has 1 unspecified atom stereocenters. The molecule has 2 heterocycles. The zero-order chi connectivity index (χ0) is 25.6. The van der Waals surface area contributed by atoms with E-state index in [-0.39, 0.29) is 28.4 Å². The number of H-pyrrole nitrogens is 1. The third-order valence-electron chi connectivity index (χ3n) is 6.11. The van der Waals surface area contributed by atoms with Gasteiger partial charge in [-0.05, 0) is 42.8 Å². The van der Waals surface area contributed by atoms with Gasteiger partial charge in [0.1, 0.15) is 11.5 Å². The van der Waals surface area contributed by atoms with E-state index < -0.39 is 23.7 Å². The summed E-state index contributed by atoms with van der Waals surface area (Å²) in [5.41, 5.74) is 2.51. The van der Waals surface area contributed by atoms with Gasteiger partial charge in [-0.1, -0.05) is 42.0 Å². The number of aliphatic hydroxyl groups excluding tert-OH is 1. The van der Waals surface area contributed by atoms with Crippen molar-refractivity contribution in [1.29, 1.82) is 0 Å². The quantitative estimate of drug-likeness (QED) is 0.220. The number of aryl methyl sites for hydroxylation is 1. The largest absolute Gasteiger partial charge is 0.507 e. The average molecular weight is 483 g/mol. The van der Waals surface area contributed by atoms with E-state index in [1.807, 2.05) is 19.1 Å². The van der Waals surface area contributed by atoms with Crippen LogP contribution in [0.1, 0.15) is 33.1 Å². The molecule has 1 aromatic heterocycles. The number of carbonyl (C=O) groups excluding carboxylic acids is 2. The highest BCUT2D eigenvalue weighted by Crippen LogP contribution is 2.43. The van der Waals surface area contributed by atoms with E-state index in [1.165, 1.54) is 30.2 Å². The summed E-state index contributed by atoms with van der Waals surface area (Å²) in [5.74, 6) is -2.84. The van der Waals surface area contributed by atoms with Crippen molar-refractivity contribution in [2.24, 2.45) is 0 Å². The van der Waals surface area contributed by atoms with E-state index in [9.17, 15) is 24.6 Å². The van der Waals surface area contributed by atoms with E-state index >= 15 is 0 Å². The lowest BCUT2D eigenvalue weighted by atomic mass is 9.94. The first kappa shape index (κ1) is 22.9. The van der Waals surface area contributed by atoms with Crippen LogP contribution in [0.4, 0.5) is 5.95 Å². The summed E-state index contributed by atoms with van der Waals surface area (Å²) in [4.78, 5) is 46.7. The van der Waals surface area contributed by atoms with Gasteiger partial charge in [0, 0.05) is 0 Å². The van der Waals surface area contributed by atoms with Crippen LogP contribution in [0.5, 0.6) is 5.75 Å². The number of carboxylic acids is 1. The first-order chi connectivity index (χ1) is 17.3. The van der Waals surface area contributed by atoms with Crippen LogP contribution in [0, 0.1) is 6.92 Å². The third kappa shape index (κ3) is 3.67. The van der Waals surface area contributed by atoms with Gasteiger partial charge in [-0.15, -0.1) is 0 Å². The van der Waals surface area contributed by atoms with Gasteiger partial charge < -0.3 is 19.9 Å². The van der Waals surface area contributed by atoms with Crippen LogP contribution >= 0.6 is 0 Å². The van der Waals surface area contributed by atoms with E-state index in [2.05, 4.69) is 9.97 Å². The van der Waals surface area contributed by atoms with E-state index in [1.54, 1.807) is 36.4 Å². The number of aliphatic hydroxyl groups is 1. The Kier molecular flexibility index (Phi) is 5.52. The minimum atomic E-state index is -1.11. The number of nitrogens with one attached hydrogen (secondary N) is 1. The Labute approximate surface area is 205 Å². The van der Waals surface area contributed by atoms with Crippen molar-refractivity contribution in [1.82, 2.24) is 9.97 Å². The van der Waals surface area contributed by atoms with Gasteiger partial charge in [0.25, 0.3) is 5.78 Å². The summed E-state index contributed by atoms with van der Waals surface area (Å²) in [6.45, 7) is 1.88. The number of ketones is 1. The van der Waals surface area contributed by atoms with Crippen molar-refractivity contribution in [3.63, 3.8) is 0 Å². The van der Waals surface area contributed by atoms with Gasteiger partial charge in [0.15, 0.2) is 0 Å². The monoisotopic (exact) mass is 483 g/mol. The molecule has 5 rings (SSSR count). The number of benzene rings is 3. The topological polar surface area (TPSA) is 133 Å². The number of hydrogen-bond acceptors (Lipinski definition) is 6. The van der Waals surface area contributed by atoms with Crippen molar-refractivity contribution in [3.8, 4) is 5.75 Å². The number of aromatic nitrogens is 2. The summed E-state index contributed by atoms with van der Waals surface area (Å²) in [6, 6.07) is 17.3. The summed E-state index contributed by atoms with van der Waals surface area (Å²) in [7, 11) is 1.45. The van der Waals surface area contributed by atoms with Crippen LogP contribution in [0.3, 0.4) is 0 Å².